The van der Waals surface area contributed by atoms with Crippen molar-refractivity contribution in [2.75, 3.05) is 5.32 Å². The lowest BCUT2D eigenvalue weighted by atomic mass is 10.1. The summed E-state index contributed by atoms with van der Waals surface area (Å²) >= 11 is 5.31. The Hall–Kier alpha value is -1.94. The summed E-state index contributed by atoms with van der Waals surface area (Å²) in [5.41, 5.74) is 2.49. The molecule has 2 aromatic rings. The predicted octanol–water partition coefficient (Wildman–Crippen LogP) is 3.70. The van der Waals surface area contributed by atoms with Gasteiger partial charge in [0.1, 0.15) is 5.82 Å². The molecule has 0 radical (unpaired) electrons. The topological polar surface area (TPSA) is 37.0 Å². The molecule has 0 aliphatic rings. The fourth-order valence-electron chi connectivity index (χ4n) is 2.02. The summed E-state index contributed by atoms with van der Waals surface area (Å²) in [6.07, 6.45) is 3.90. The average molecular weight is 299 g/mol. The SMILES string of the molecule is Cc1ccc(NC(=S)NC(C)CCc2ccccc2)nc1. The van der Waals surface area contributed by atoms with Crippen LogP contribution in [0.4, 0.5) is 5.82 Å². The van der Waals surface area contributed by atoms with Crippen LogP contribution in [0, 0.1) is 6.92 Å². The highest BCUT2D eigenvalue weighted by Crippen LogP contribution is 2.06. The number of thiocarbonyl (C=S) groups is 1. The largest absolute Gasteiger partial charge is 0.360 e. The van der Waals surface area contributed by atoms with Crippen LogP contribution in [0.3, 0.4) is 0 Å². The van der Waals surface area contributed by atoms with E-state index in [1.807, 2.05) is 31.3 Å². The molecular weight excluding hydrogens is 278 g/mol. The quantitative estimate of drug-likeness (QED) is 0.826. The number of pyridine rings is 1. The van der Waals surface area contributed by atoms with Crippen LogP contribution < -0.4 is 10.6 Å². The van der Waals surface area contributed by atoms with Crippen molar-refractivity contribution >= 4 is 23.1 Å². The fraction of sp³-hybridized carbons (Fsp3) is 0.294. The monoisotopic (exact) mass is 299 g/mol. The van der Waals surface area contributed by atoms with E-state index >= 15 is 0 Å². The summed E-state index contributed by atoms with van der Waals surface area (Å²) in [4.78, 5) is 4.28. The van der Waals surface area contributed by atoms with E-state index in [-0.39, 0.29) is 0 Å². The van der Waals surface area contributed by atoms with E-state index in [1.54, 1.807) is 0 Å². The lowest BCUT2D eigenvalue weighted by Gasteiger charge is -2.16. The van der Waals surface area contributed by atoms with Crippen molar-refractivity contribution in [3.8, 4) is 0 Å². The van der Waals surface area contributed by atoms with Gasteiger partial charge in [-0.1, -0.05) is 36.4 Å². The molecule has 110 valence electrons. The number of benzene rings is 1. The first-order valence-corrected chi connectivity index (χ1v) is 7.58. The Bertz CT molecular complexity index is 566. The minimum atomic E-state index is 0.315. The molecule has 0 aliphatic heterocycles. The standard InChI is InChI=1S/C17H21N3S/c1-13-8-11-16(18-12-13)20-17(21)19-14(2)9-10-15-6-4-3-5-7-15/h3-8,11-12,14H,9-10H2,1-2H3,(H2,18,19,20,21). The third-order valence-electron chi connectivity index (χ3n) is 3.24. The number of aryl methyl sites for hydroxylation is 2. The molecule has 0 spiro atoms. The number of nitrogens with one attached hydrogen (secondary N) is 2. The van der Waals surface area contributed by atoms with Gasteiger partial charge >= 0.3 is 0 Å². The molecule has 21 heavy (non-hydrogen) atoms. The molecule has 1 heterocycles. The van der Waals surface area contributed by atoms with Crippen LogP contribution >= 0.6 is 12.2 Å². The Morgan fingerprint density at radius 3 is 2.62 bits per heavy atom. The Labute approximate surface area is 131 Å². The van der Waals surface area contributed by atoms with Gasteiger partial charge in [-0.15, -0.1) is 0 Å². The van der Waals surface area contributed by atoms with Gasteiger partial charge in [0.15, 0.2) is 5.11 Å². The molecule has 2 N–H and O–H groups in total. The summed E-state index contributed by atoms with van der Waals surface area (Å²) in [6.45, 7) is 4.15. The Morgan fingerprint density at radius 2 is 1.95 bits per heavy atom. The molecule has 2 rings (SSSR count). The minimum Gasteiger partial charge on any atom is -0.360 e. The number of hydrogen-bond donors (Lipinski definition) is 2. The van der Waals surface area contributed by atoms with Gasteiger partial charge in [0.25, 0.3) is 0 Å². The Kier molecular flexibility index (Phi) is 5.69. The maximum Gasteiger partial charge on any atom is 0.172 e. The molecule has 0 bridgehead atoms. The van der Waals surface area contributed by atoms with Crippen LogP contribution in [-0.4, -0.2) is 16.1 Å². The molecule has 1 aromatic heterocycles. The molecule has 0 saturated carbocycles. The van der Waals surface area contributed by atoms with E-state index in [4.69, 9.17) is 12.2 Å². The highest BCUT2D eigenvalue weighted by Gasteiger charge is 2.05. The summed E-state index contributed by atoms with van der Waals surface area (Å²) < 4.78 is 0. The van der Waals surface area contributed by atoms with Crippen molar-refractivity contribution in [3.63, 3.8) is 0 Å². The van der Waals surface area contributed by atoms with Gasteiger partial charge in [0, 0.05) is 12.2 Å². The summed E-state index contributed by atoms with van der Waals surface area (Å²) in [6, 6.07) is 14.7. The highest BCUT2D eigenvalue weighted by atomic mass is 32.1. The van der Waals surface area contributed by atoms with Gasteiger partial charge in [0.05, 0.1) is 0 Å². The van der Waals surface area contributed by atoms with E-state index in [2.05, 4.69) is 46.8 Å². The van der Waals surface area contributed by atoms with Crippen LogP contribution in [0.5, 0.6) is 0 Å². The van der Waals surface area contributed by atoms with Gasteiger partial charge in [-0.3, -0.25) is 0 Å². The lowest BCUT2D eigenvalue weighted by Crippen LogP contribution is -2.36. The number of anilines is 1. The molecule has 1 aromatic carbocycles. The molecule has 1 atom stereocenters. The number of hydrogen-bond acceptors (Lipinski definition) is 2. The maximum atomic E-state index is 5.31. The van der Waals surface area contributed by atoms with E-state index in [9.17, 15) is 0 Å². The molecule has 0 fully saturated rings. The van der Waals surface area contributed by atoms with Gasteiger partial charge in [-0.05, 0) is 56.1 Å². The summed E-state index contributed by atoms with van der Waals surface area (Å²) in [7, 11) is 0. The zero-order valence-electron chi connectivity index (χ0n) is 12.5. The van der Waals surface area contributed by atoms with Crippen molar-refractivity contribution < 1.29 is 0 Å². The fourth-order valence-corrected chi connectivity index (χ4v) is 2.32. The summed E-state index contributed by atoms with van der Waals surface area (Å²) in [5, 5.41) is 7.02. The van der Waals surface area contributed by atoms with Crippen LogP contribution in [0.1, 0.15) is 24.5 Å². The molecule has 1 unspecified atom stereocenters. The first-order valence-electron chi connectivity index (χ1n) is 7.17. The first kappa shape index (κ1) is 15.4. The van der Waals surface area contributed by atoms with Crippen molar-refractivity contribution in [3.05, 3.63) is 59.8 Å². The molecule has 4 heteroatoms. The predicted molar refractivity (Wildman–Crippen MR) is 92.6 cm³/mol. The zero-order chi connectivity index (χ0) is 15.1. The molecule has 0 saturated heterocycles. The van der Waals surface area contributed by atoms with E-state index in [0.717, 1.165) is 24.2 Å². The smallest absolute Gasteiger partial charge is 0.172 e. The maximum absolute atomic E-state index is 5.31. The lowest BCUT2D eigenvalue weighted by molar-refractivity contribution is 0.609. The number of aromatic nitrogens is 1. The van der Waals surface area contributed by atoms with Crippen molar-refractivity contribution in [2.24, 2.45) is 0 Å². The third-order valence-corrected chi connectivity index (χ3v) is 3.46. The van der Waals surface area contributed by atoms with Gasteiger partial charge in [0.2, 0.25) is 0 Å². The normalized spacial score (nSPS) is 11.7. The van der Waals surface area contributed by atoms with Gasteiger partial charge in [-0.2, -0.15) is 0 Å². The van der Waals surface area contributed by atoms with E-state index in [0.29, 0.717) is 11.2 Å². The first-order chi connectivity index (χ1) is 10.1. The number of nitrogens with zero attached hydrogens (tertiary/aromatic N) is 1. The van der Waals surface area contributed by atoms with Crippen LogP contribution in [-0.2, 0) is 6.42 Å². The Balaban J connectivity index is 1.75. The zero-order valence-corrected chi connectivity index (χ0v) is 13.3. The van der Waals surface area contributed by atoms with Gasteiger partial charge in [-0.25, -0.2) is 4.98 Å². The minimum absolute atomic E-state index is 0.315. The average Bonchev–Trinajstić information content (AvgIpc) is 2.48. The summed E-state index contributed by atoms with van der Waals surface area (Å²) in [5.74, 6) is 0.772. The second-order valence-electron chi connectivity index (χ2n) is 5.24. The van der Waals surface area contributed by atoms with Crippen LogP contribution in [0.2, 0.25) is 0 Å². The third kappa shape index (κ3) is 5.52. The molecule has 0 aliphatic carbocycles. The second kappa shape index (κ2) is 7.74. The molecule has 0 amide bonds. The van der Waals surface area contributed by atoms with Gasteiger partial charge < -0.3 is 10.6 Å². The van der Waals surface area contributed by atoms with Crippen LogP contribution in [0.15, 0.2) is 48.7 Å². The number of rotatable bonds is 5. The van der Waals surface area contributed by atoms with Crippen molar-refractivity contribution in [1.82, 2.24) is 10.3 Å². The second-order valence-corrected chi connectivity index (χ2v) is 5.65. The van der Waals surface area contributed by atoms with Crippen LogP contribution in [0.25, 0.3) is 0 Å². The molecule has 3 nitrogen and oxygen atoms in total. The Morgan fingerprint density at radius 1 is 1.19 bits per heavy atom. The highest BCUT2D eigenvalue weighted by molar-refractivity contribution is 7.80. The van der Waals surface area contributed by atoms with E-state index in [1.165, 1.54) is 5.56 Å². The van der Waals surface area contributed by atoms with Crippen molar-refractivity contribution in [1.29, 1.82) is 0 Å². The van der Waals surface area contributed by atoms with Crippen molar-refractivity contribution in [2.45, 2.75) is 32.7 Å². The van der Waals surface area contributed by atoms with E-state index < -0.39 is 0 Å². The molecular formula is C17H21N3S.